The van der Waals surface area contributed by atoms with Crippen molar-refractivity contribution in [3.05, 3.63) is 35.3 Å². The predicted octanol–water partition coefficient (Wildman–Crippen LogP) is 0.508. The van der Waals surface area contributed by atoms with Crippen molar-refractivity contribution in [1.29, 1.82) is 0 Å². The van der Waals surface area contributed by atoms with Gasteiger partial charge in [-0.25, -0.2) is 0 Å². The first-order valence-electron chi connectivity index (χ1n) is 3.53. The van der Waals surface area contributed by atoms with Crippen LogP contribution in [0.5, 0.6) is 0 Å². The van der Waals surface area contributed by atoms with E-state index in [4.69, 9.17) is 5.11 Å². The van der Waals surface area contributed by atoms with Crippen LogP contribution in [0.15, 0.2) is 24.5 Å². The molecule has 1 aromatic rings. The summed E-state index contributed by atoms with van der Waals surface area (Å²) in [5.41, 5.74) is 0.634. The van der Waals surface area contributed by atoms with Gasteiger partial charge in [0.25, 0.3) is 0 Å². The molecule has 0 saturated carbocycles. The second kappa shape index (κ2) is 3.21. The smallest absolute Gasteiger partial charge is 0.310 e. The second-order valence-corrected chi connectivity index (χ2v) is 2.55. The quantitative estimate of drug-likeness (QED) is 0.515. The summed E-state index contributed by atoms with van der Waals surface area (Å²) in [5, 5.41) is 19.2. The molecular formula is C8H9NO3. The van der Waals surface area contributed by atoms with Gasteiger partial charge in [-0.05, 0) is 12.5 Å². The van der Waals surface area contributed by atoms with Crippen molar-refractivity contribution in [3.8, 4) is 0 Å². The largest absolute Gasteiger partial charge is 0.619 e. The van der Waals surface area contributed by atoms with Crippen molar-refractivity contribution >= 4 is 5.97 Å². The van der Waals surface area contributed by atoms with Crippen molar-refractivity contribution in [3.63, 3.8) is 0 Å². The molecular weight excluding hydrogens is 158 g/mol. The molecule has 0 fully saturated rings. The number of carboxylic acids is 1. The minimum atomic E-state index is -0.890. The van der Waals surface area contributed by atoms with Crippen LogP contribution >= 0.6 is 0 Å². The van der Waals surface area contributed by atoms with Crippen molar-refractivity contribution < 1.29 is 14.6 Å². The summed E-state index contributed by atoms with van der Waals surface area (Å²) < 4.78 is 0.623. The lowest BCUT2D eigenvalue weighted by Crippen LogP contribution is -2.24. The number of hydrogen-bond acceptors (Lipinski definition) is 2. The van der Waals surface area contributed by atoms with E-state index in [1.54, 1.807) is 6.92 Å². The molecule has 0 spiro atoms. The van der Waals surface area contributed by atoms with Crippen LogP contribution in [-0.4, -0.2) is 11.1 Å². The van der Waals surface area contributed by atoms with Crippen LogP contribution in [0, 0.1) is 5.21 Å². The topological polar surface area (TPSA) is 64.2 Å². The zero-order valence-electron chi connectivity index (χ0n) is 6.60. The van der Waals surface area contributed by atoms with Gasteiger partial charge in [0.2, 0.25) is 0 Å². The molecule has 1 N–H and O–H groups in total. The molecule has 4 nitrogen and oxygen atoms in total. The van der Waals surface area contributed by atoms with Crippen LogP contribution in [0.2, 0.25) is 0 Å². The molecule has 1 rings (SSSR count). The van der Waals surface area contributed by atoms with Gasteiger partial charge in [-0.1, -0.05) is 0 Å². The fourth-order valence-corrected chi connectivity index (χ4v) is 0.856. The lowest BCUT2D eigenvalue weighted by atomic mass is 10.0. The van der Waals surface area contributed by atoms with Crippen molar-refractivity contribution in [1.82, 2.24) is 0 Å². The Morgan fingerprint density at radius 2 is 2.08 bits per heavy atom. The van der Waals surface area contributed by atoms with Crippen molar-refractivity contribution in [2.24, 2.45) is 0 Å². The highest BCUT2D eigenvalue weighted by Gasteiger charge is 2.13. The summed E-state index contributed by atoms with van der Waals surface area (Å²) in [6, 6.07) is 3.01. The molecule has 0 radical (unpaired) electrons. The van der Waals surface area contributed by atoms with Gasteiger partial charge in [0.1, 0.15) is 0 Å². The Morgan fingerprint density at radius 3 is 2.50 bits per heavy atom. The minimum Gasteiger partial charge on any atom is -0.619 e. The van der Waals surface area contributed by atoms with Crippen LogP contribution in [-0.2, 0) is 4.79 Å². The number of aromatic nitrogens is 1. The highest BCUT2D eigenvalue weighted by atomic mass is 16.5. The average Bonchev–Trinajstić information content (AvgIpc) is 2.04. The van der Waals surface area contributed by atoms with Gasteiger partial charge in [0.05, 0.1) is 5.92 Å². The maximum Gasteiger partial charge on any atom is 0.310 e. The predicted molar refractivity (Wildman–Crippen MR) is 41.5 cm³/mol. The minimum absolute atomic E-state index is 0.564. The number of carbonyl (C=O) groups is 1. The maximum atomic E-state index is 10.6. The molecule has 0 aliphatic carbocycles. The fourth-order valence-electron chi connectivity index (χ4n) is 0.856. The molecule has 0 bridgehead atoms. The van der Waals surface area contributed by atoms with Gasteiger partial charge in [0, 0.05) is 12.1 Å². The highest BCUT2D eigenvalue weighted by molar-refractivity contribution is 5.75. The number of carboxylic acid groups (broad SMARTS) is 1. The molecule has 1 atom stereocenters. The SMILES string of the molecule is CC(C(=O)O)c1cc[n+]([O-])cc1. The standard InChI is InChI=1S/C8H9NO3/c1-6(8(10)11)7-2-4-9(12)5-3-7/h2-6H,1H3,(H,10,11). The van der Waals surface area contributed by atoms with E-state index in [0.29, 0.717) is 10.3 Å². The van der Waals surface area contributed by atoms with E-state index in [0.717, 1.165) is 0 Å². The maximum absolute atomic E-state index is 10.6. The zero-order chi connectivity index (χ0) is 9.14. The van der Waals surface area contributed by atoms with Crippen LogP contribution < -0.4 is 4.73 Å². The summed E-state index contributed by atoms with van der Waals surface area (Å²) in [4.78, 5) is 10.5. The third-order valence-electron chi connectivity index (χ3n) is 1.70. The van der Waals surface area contributed by atoms with Gasteiger partial charge in [0.15, 0.2) is 12.4 Å². The lowest BCUT2D eigenvalue weighted by Gasteiger charge is -2.04. The van der Waals surface area contributed by atoms with Gasteiger partial charge < -0.3 is 10.3 Å². The number of rotatable bonds is 2. The molecule has 0 saturated heterocycles. The van der Waals surface area contributed by atoms with Gasteiger partial charge in [-0.3, -0.25) is 4.79 Å². The first-order chi connectivity index (χ1) is 5.61. The summed E-state index contributed by atoms with van der Waals surface area (Å²) in [7, 11) is 0. The Balaban J connectivity index is 2.89. The third kappa shape index (κ3) is 1.72. The Bertz CT molecular complexity index is 281. The molecule has 0 aliphatic heterocycles. The van der Waals surface area contributed by atoms with Crippen LogP contribution in [0.3, 0.4) is 0 Å². The molecule has 0 amide bonds. The summed E-state index contributed by atoms with van der Waals surface area (Å²) in [6.45, 7) is 1.58. The van der Waals surface area contributed by atoms with E-state index in [-0.39, 0.29) is 0 Å². The number of hydrogen-bond donors (Lipinski definition) is 1. The number of nitrogens with zero attached hydrogens (tertiary/aromatic N) is 1. The molecule has 12 heavy (non-hydrogen) atoms. The molecule has 1 unspecified atom stereocenters. The summed E-state index contributed by atoms with van der Waals surface area (Å²) in [6.07, 6.45) is 2.57. The second-order valence-electron chi connectivity index (χ2n) is 2.55. The molecule has 64 valence electrons. The molecule has 4 heteroatoms. The van der Waals surface area contributed by atoms with Crippen LogP contribution in [0.1, 0.15) is 18.4 Å². The molecule has 1 aromatic heterocycles. The first kappa shape index (κ1) is 8.52. The van der Waals surface area contributed by atoms with Crippen molar-refractivity contribution in [2.75, 3.05) is 0 Å². The van der Waals surface area contributed by atoms with Crippen molar-refractivity contribution in [2.45, 2.75) is 12.8 Å². The monoisotopic (exact) mass is 167 g/mol. The highest BCUT2D eigenvalue weighted by Crippen LogP contribution is 2.12. The lowest BCUT2D eigenvalue weighted by molar-refractivity contribution is -0.605. The Kier molecular flexibility index (Phi) is 2.28. The van der Waals surface area contributed by atoms with Crippen LogP contribution in [0.4, 0.5) is 0 Å². The van der Waals surface area contributed by atoms with Gasteiger partial charge >= 0.3 is 5.97 Å². The zero-order valence-corrected chi connectivity index (χ0v) is 6.60. The molecule has 0 aliphatic rings. The Labute approximate surface area is 69.7 Å². The molecule has 1 heterocycles. The van der Waals surface area contributed by atoms with Gasteiger partial charge in [-0.2, -0.15) is 4.73 Å². The number of aliphatic carboxylic acids is 1. The third-order valence-corrected chi connectivity index (χ3v) is 1.70. The van der Waals surface area contributed by atoms with E-state index in [1.165, 1.54) is 24.5 Å². The normalized spacial score (nSPS) is 12.4. The van der Waals surface area contributed by atoms with E-state index >= 15 is 0 Å². The van der Waals surface area contributed by atoms with E-state index in [1.807, 2.05) is 0 Å². The van der Waals surface area contributed by atoms with Crippen LogP contribution in [0.25, 0.3) is 0 Å². The number of pyridine rings is 1. The van der Waals surface area contributed by atoms with E-state index in [2.05, 4.69) is 0 Å². The van der Waals surface area contributed by atoms with E-state index < -0.39 is 11.9 Å². The molecule has 0 aromatic carbocycles. The summed E-state index contributed by atoms with van der Waals surface area (Å²) >= 11 is 0. The Morgan fingerprint density at radius 1 is 1.58 bits per heavy atom. The van der Waals surface area contributed by atoms with E-state index in [9.17, 15) is 10.0 Å². The first-order valence-corrected chi connectivity index (χ1v) is 3.53. The average molecular weight is 167 g/mol. The summed E-state index contributed by atoms with van der Waals surface area (Å²) in [5.74, 6) is -1.45. The van der Waals surface area contributed by atoms with Gasteiger partial charge in [-0.15, -0.1) is 0 Å². The fraction of sp³-hybridized carbons (Fsp3) is 0.250. The Hall–Kier alpha value is -1.58.